The number of nitrogens with zero attached hydrogens (tertiary/aromatic N) is 4. The van der Waals surface area contributed by atoms with E-state index in [-0.39, 0.29) is 23.1 Å². The van der Waals surface area contributed by atoms with E-state index in [2.05, 4.69) is 15.4 Å². The lowest BCUT2D eigenvalue weighted by Gasteiger charge is -2.23. The number of amides is 3. The molecule has 9 nitrogen and oxygen atoms in total. The third kappa shape index (κ3) is 5.71. The first-order chi connectivity index (χ1) is 18.4. The Morgan fingerprint density at radius 3 is 2.21 bits per heavy atom. The molecular formula is C28H28F2N6O3. The van der Waals surface area contributed by atoms with Gasteiger partial charge in [-0.3, -0.25) is 9.78 Å². The van der Waals surface area contributed by atoms with Gasteiger partial charge in [0, 0.05) is 36.4 Å². The Kier molecular flexibility index (Phi) is 7.35. The summed E-state index contributed by atoms with van der Waals surface area (Å²) in [7, 11) is 1.50. The number of hydrogen-bond acceptors (Lipinski definition) is 5. The van der Waals surface area contributed by atoms with E-state index in [9.17, 15) is 18.4 Å². The van der Waals surface area contributed by atoms with Crippen LogP contribution in [0, 0.1) is 18.6 Å². The zero-order valence-electron chi connectivity index (χ0n) is 22.1. The lowest BCUT2D eigenvalue weighted by Crippen LogP contribution is -2.33. The standard InChI is InChI=1S/C28H28F2N6O3/c1-16-24(28(2,3)4)34-36(20-13-17(29)12-18(30)14-20)26(16)35(27(31)38)19-6-8-21(9-7-19)39-22-10-11-33-23(15-22)25(37)32-5/h6-15H,1-5H3,(H2,31,38)(H,32,37). The van der Waals surface area contributed by atoms with Crippen LogP contribution in [0.15, 0.2) is 60.8 Å². The number of nitrogens with one attached hydrogen (secondary N) is 1. The fraction of sp³-hybridized carbons (Fsp3) is 0.214. The molecule has 39 heavy (non-hydrogen) atoms. The molecule has 0 aliphatic carbocycles. The van der Waals surface area contributed by atoms with Gasteiger partial charge in [0.15, 0.2) is 0 Å². The molecule has 3 amide bonds. The summed E-state index contributed by atoms with van der Waals surface area (Å²) in [6.07, 6.45) is 1.45. The normalized spacial score (nSPS) is 11.3. The molecule has 0 aliphatic heterocycles. The van der Waals surface area contributed by atoms with E-state index in [4.69, 9.17) is 10.5 Å². The Morgan fingerprint density at radius 2 is 1.64 bits per heavy atom. The maximum absolute atomic E-state index is 14.2. The third-order valence-corrected chi connectivity index (χ3v) is 5.85. The predicted octanol–water partition coefficient (Wildman–Crippen LogP) is 5.52. The van der Waals surface area contributed by atoms with Crippen LogP contribution in [-0.2, 0) is 5.41 Å². The fourth-order valence-corrected chi connectivity index (χ4v) is 4.18. The molecule has 2 aromatic carbocycles. The summed E-state index contributed by atoms with van der Waals surface area (Å²) >= 11 is 0. The number of benzene rings is 2. The van der Waals surface area contributed by atoms with Crippen LogP contribution in [0.4, 0.5) is 25.1 Å². The number of hydrogen-bond donors (Lipinski definition) is 2. The molecule has 11 heteroatoms. The van der Waals surface area contributed by atoms with Gasteiger partial charge in [-0.05, 0) is 49.4 Å². The summed E-state index contributed by atoms with van der Waals surface area (Å²) in [5.41, 5.74) is 7.29. The molecule has 4 aromatic rings. The van der Waals surface area contributed by atoms with Gasteiger partial charge in [-0.1, -0.05) is 20.8 Å². The van der Waals surface area contributed by atoms with Crippen molar-refractivity contribution in [2.24, 2.45) is 5.73 Å². The van der Waals surface area contributed by atoms with E-state index >= 15 is 0 Å². The highest BCUT2D eigenvalue weighted by molar-refractivity contribution is 5.98. The molecule has 0 atom stereocenters. The Bertz CT molecular complexity index is 1520. The van der Waals surface area contributed by atoms with E-state index in [1.165, 1.54) is 28.9 Å². The summed E-state index contributed by atoms with van der Waals surface area (Å²) in [6, 6.07) is 11.8. The summed E-state index contributed by atoms with van der Waals surface area (Å²) in [4.78, 5) is 29.9. The van der Waals surface area contributed by atoms with Crippen LogP contribution in [0.1, 0.15) is 42.5 Å². The maximum atomic E-state index is 14.2. The van der Waals surface area contributed by atoms with Crippen molar-refractivity contribution in [3.05, 3.63) is 89.4 Å². The van der Waals surface area contributed by atoms with Crippen LogP contribution in [0.25, 0.3) is 5.69 Å². The van der Waals surface area contributed by atoms with E-state index in [0.717, 1.165) is 18.2 Å². The molecule has 0 fully saturated rings. The number of ether oxygens (including phenoxy) is 1. The number of aromatic nitrogens is 3. The van der Waals surface area contributed by atoms with Crippen LogP contribution in [0.3, 0.4) is 0 Å². The Balaban J connectivity index is 1.77. The lowest BCUT2D eigenvalue weighted by atomic mass is 9.89. The minimum absolute atomic E-state index is 0.0944. The molecule has 0 spiro atoms. The van der Waals surface area contributed by atoms with E-state index in [1.54, 1.807) is 37.3 Å². The molecule has 2 heterocycles. The number of primary amides is 1. The zero-order chi connectivity index (χ0) is 28.5. The second-order valence-corrected chi connectivity index (χ2v) is 9.81. The highest BCUT2D eigenvalue weighted by Gasteiger charge is 2.30. The predicted molar refractivity (Wildman–Crippen MR) is 143 cm³/mol. The van der Waals surface area contributed by atoms with Gasteiger partial charge in [0.2, 0.25) is 0 Å². The van der Waals surface area contributed by atoms with Gasteiger partial charge in [0.25, 0.3) is 5.91 Å². The van der Waals surface area contributed by atoms with Crippen LogP contribution in [-0.4, -0.2) is 33.8 Å². The molecule has 0 saturated heterocycles. The number of nitrogens with two attached hydrogens (primary N) is 1. The molecule has 0 aliphatic rings. The van der Waals surface area contributed by atoms with Crippen molar-refractivity contribution in [1.29, 1.82) is 0 Å². The Hall–Kier alpha value is -4.80. The molecule has 0 saturated carbocycles. The summed E-state index contributed by atoms with van der Waals surface area (Å²) < 4.78 is 35.5. The van der Waals surface area contributed by atoms with E-state index in [1.807, 2.05) is 20.8 Å². The quantitative estimate of drug-likeness (QED) is 0.338. The number of pyridine rings is 1. The SMILES string of the molecule is CNC(=O)c1cc(Oc2ccc(N(C(N)=O)c3c(C)c(C(C)(C)C)nn3-c3cc(F)cc(F)c3)cc2)ccn1. The van der Waals surface area contributed by atoms with Gasteiger partial charge in [0.1, 0.15) is 34.6 Å². The van der Waals surface area contributed by atoms with Crippen LogP contribution < -0.4 is 20.7 Å². The second-order valence-electron chi connectivity index (χ2n) is 9.81. The average Bonchev–Trinajstić information content (AvgIpc) is 3.21. The number of anilines is 2. The minimum Gasteiger partial charge on any atom is -0.457 e. The lowest BCUT2D eigenvalue weighted by molar-refractivity contribution is 0.0957. The highest BCUT2D eigenvalue weighted by Crippen LogP contribution is 2.37. The molecular weight excluding hydrogens is 506 g/mol. The van der Waals surface area contributed by atoms with Gasteiger partial charge in [-0.2, -0.15) is 5.10 Å². The fourth-order valence-electron chi connectivity index (χ4n) is 4.18. The van der Waals surface area contributed by atoms with Gasteiger partial charge in [-0.25, -0.2) is 23.2 Å². The maximum Gasteiger partial charge on any atom is 0.325 e. The molecule has 3 N–H and O–H groups in total. The van der Waals surface area contributed by atoms with Crippen LogP contribution in [0.5, 0.6) is 11.5 Å². The van der Waals surface area contributed by atoms with Crippen molar-refractivity contribution in [2.45, 2.75) is 33.1 Å². The van der Waals surface area contributed by atoms with Gasteiger partial charge < -0.3 is 15.8 Å². The van der Waals surface area contributed by atoms with Crippen molar-refractivity contribution in [3.8, 4) is 17.2 Å². The smallest absolute Gasteiger partial charge is 0.325 e. The average molecular weight is 535 g/mol. The summed E-state index contributed by atoms with van der Waals surface area (Å²) in [5, 5.41) is 7.14. The van der Waals surface area contributed by atoms with Crippen LogP contribution >= 0.6 is 0 Å². The Labute approximate surface area is 224 Å². The van der Waals surface area contributed by atoms with E-state index < -0.39 is 23.1 Å². The first kappa shape index (κ1) is 27.2. The number of rotatable bonds is 6. The first-order valence-corrected chi connectivity index (χ1v) is 12.0. The number of urea groups is 1. The van der Waals surface area contributed by atoms with Crippen molar-refractivity contribution in [3.63, 3.8) is 0 Å². The first-order valence-electron chi connectivity index (χ1n) is 12.0. The topological polar surface area (TPSA) is 115 Å². The van der Waals surface area contributed by atoms with Crippen molar-refractivity contribution in [1.82, 2.24) is 20.1 Å². The largest absolute Gasteiger partial charge is 0.457 e. The molecule has 0 bridgehead atoms. The third-order valence-electron chi connectivity index (χ3n) is 5.85. The number of halogens is 2. The molecule has 0 radical (unpaired) electrons. The monoisotopic (exact) mass is 534 g/mol. The van der Waals surface area contributed by atoms with Crippen molar-refractivity contribution < 1.29 is 23.1 Å². The van der Waals surface area contributed by atoms with E-state index in [0.29, 0.717) is 28.4 Å². The van der Waals surface area contributed by atoms with Gasteiger partial charge >= 0.3 is 6.03 Å². The summed E-state index contributed by atoms with van der Waals surface area (Å²) in [5.74, 6) is -0.874. The molecule has 2 aromatic heterocycles. The van der Waals surface area contributed by atoms with Crippen molar-refractivity contribution in [2.75, 3.05) is 11.9 Å². The number of carbonyl (C=O) groups excluding carboxylic acids is 2. The molecule has 0 unspecified atom stereocenters. The molecule has 202 valence electrons. The second kappa shape index (κ2) is 10.5. The van der Waals surface area contributed by atoms with Gasteiger partial charge in [0.05, 0.1) is 17.1 Å². The number of carbonyl (C=O) groups is 2. The Morgan fingerprint density at radius 1 is 1.00 bits per heavy atom. The minimum atomic E-state index is -0.824. The van der Waals surface area contributed by atoms with Crippen LogP contribution in [0.2, 0.25) is 0 Å². The zero-order valence-corrected chi connectivity index (χ0v) is 22.1. The van der Waals surface area contributed by atoms with Gasteiger partial charge in [-0.15, -0.1) is 0 Å². The van der Waals surface area contributed by atoms with Crippen molar-refractivity contribution >= 4 is 23.4 Å². The summed E-state index contributed by atoms with van der Waals surface area (Å²) in [6.45, 7) is 7.60. The highest BCUT2D eigenvalue weighted by atomic mass is 19.1. The molecule has 4 rings (SSSR count).